The molecule has 0 amide bonds. The van der Waals surface area contributed by atoms with Gasteiger partial charge in [0.05, 0.1) is 25.0 Å². The Morgan fingerprint density at radius 1 is 1.41 bits per heavy atom. The van der Waals surface area contributed by atoms with E-state index in [1.165, 1.54) is 0 Å². The standard InChI is InChI=1S/C10H13N3O4/c14-9(15)7-5-6(7)8-11-10(12-17-8)13-1-3-16-4-2-13/h6-7H,1-5H2,(H,14,15). The van der Waals surface area contributed by atoms with Crippen LogP contribution in [0, 0.1) is 5.92 Å². The van der Waals surface area contributed by atoms with Crippen LogP contribution in [0.2, 0.25) is 0 Å². The topological polar surface area (TPSA) is 88.7 Å². The lowest BCUT2D eigenvalue weighted by Crippen LogP contribution is -2.36. The van der Waals surface area contributed by atoms with E-state index in [0.29, 0.717) is 31.5 Å². The molecule has 0 bridgehead atoms. The number of aliphatic carboxylic acids is 1. The molecule has 1 aromatic heterocycles. The van der Waals surface area contributed by atoms with Crippen molar-refractivity contribution in [3.8, 4) is 0 Å². The van der Waals surface area contributed by atoms with E-state index in [1.54, 1.807) is 0 Å². The average Bonchev–Trinajstić information content (AvgIpc) is 3.01. The van der Waals surface area contributed by atoms with Crippen molar-refractivity contribution in [3.63, 3.8) is 0 Å². The van der Waals surface area contributed by atoms with Crippen molar-refractivity contribution in [1.82, 2.24) is 10.1 Å². The normalized spacial score (nSPS) is 28.1. The molecule has 7 nitrogen and oxygen atoms in total. The third kappa shape index (κ3) is 1.97. The first kappa shape index (κ1) is 10.5. The average molecular weight is 239 g/mol. The van der Waals surface area contributed by atoms with Crippen LogP contribution >= 0.6 is 0 Å². The van der Waals surface area contributed by atoms with Gasteiger partial charge < -0.3 is 19.3 Å². The van der Waals surface area contributed by atoms with Crippen LogP contribution in [0.5, 0.6) is 0 Å². The highest BCUT2D eigenvalue weighted by molar-refractivity contribution is 5.74. The number of hydrogen-bond acceptors (Lipinski definition) is 6. The van der Waals surface area contributed by atoms with E-state index >= 15 is 0 Å². The summed E-state index contributed by atoms with van der Waals surface area (Å²) in [5.41, 5.74) is 0. The van der Waals surface area contributed by atoms with E-state index in [-0.39, 0.29) is 11.8 Å². The molecule has 1 aromatic rings. The van der Waals surface area contributed by atoms with Gasteiger partial charge in [0.25, 0.3) is 5.95 Å². The molecule has 1 saturated heterocycles. The molecule has 2 aliphatic rings. The largest absolute Gasteiger partial charge is 0.481 e. The van der Waals surface area contributed by atoms with Gasteiger partial charge in [-0.25, -0.2) is 0 Å². The van der Waals surface area contributed by atoms with E-state index in [4.69, 9.17) is 14.4 Å². The number of carboxylic acids is 1. The maximum atomic E-state index is 10.7. The Bertz CT molecular complexity index is 427. The zero-order valence-corrected chi connectivity index (χ0v) is 9.20. The third-order valence-electron chi connectivity index (χ3n) is 3.15. The predicted octanol–water partition coefficient (Wildman–Crippen LogP) is 0.0943. The van der Waals surface area contributed by atoms with Crippen molar-refractivity contribution in [2.75, 3.05) is 31.2 Å². The fourth-order valence-corrected chi connectivity index (χ4v) is 2.01. The molecule has 7 heteroatoms. The number of hydrogen-bond donors (Lipinski definition) is 1. The van der Waals surface area contributed by atoms with Crippen molar-refractivity contribution in [2.45, 2.75) is 12.3 Å². The second-order valence-corrected chi connectivity index (χ2v) is 4.32. The molecule has 1 N–H and O–H groups in total. The summed E-state index contributed by atoms with van der Waals surface area (Å²) >= 11 is 0. The van der Waals surface area contributed by atoms with Gasteiger partial charge in [-0.2, -0.15) is 4.98 Å². The first-order valence-corrected chi connectivity index (χ1v) is 5.65. The Morgan fingerprint density at radius 3 is 2.82 bits per heavy atom. The molecule has 1 aliphatic carbocycles. The lowest BCUT2D eigenvalue weighted by atomic mass is 10.3. The molecule has 2 atom stereocenters. The second-order valence-electron chi connectivity index (χ2n) is 4.32. The summed E-state index contributed by atoms with van der Waals surface area (Å²) in [4.78, 5) is 17.0. The van der Waals surface area contributed by atoms with Gasteiger partial charge in [-0.15, -0.1) is 0 Å². The van der Waals surface area contributed by atoms with Crippen molar-refractivity contribution >= 4 is 11.9 Å². The minimum absolute atomic E-state index is 0.102. The van der Waals surface area contributed by atoms with Crippen LogP contribution in [0.25, 0.3) is 0 Å². The van der Waals surface area contributed by atoms with Crippen LogP contribution in [-0.4, -0.2) is 47.5 Å². The number of carboxylic acid groups (broad SMARTS) is 1. The predicted molar refractivity (Wildman–Crippen MR) is 55.8 cm³/mol. The lowest BCUT2D eigenvalue weighted by Gasteiger charge is -2.24. The van der Waals surface area contributed by atoms with Crippen LogP contribution in [0.3, 0.4) is 0 Å². The molecule has 0 radical (unpaired) electrons. The van der Waals surface area contributed by atoms with Crippen LogP contribution in [-0.2, 0) is 9.53 Å². The Hall–Kier alpha value is -1.63. The molecule has 2 heterocycles. The Balaban J connectivity index is 1.68. The molecule has 1 aliphatic heterocycles. The molecule has 2 fully saturated rings. The van der Waals surface area contributed by atoms with Gasteiger partial charge >= 0.3 is 5.97 Å². The van der Waals surface area contributed by atoms with Crippen molar-refractivity contribution < 1.29 is 19.2 Å². The zero-order chi connectivity index (χ0) is 11.8. The molecule has 17 heavy (non-hydrogen) atoms. The molecule has 0 spiro atoms. The summed E-state index contributed by atoms with van der Waals surface area (Å²) in [6, 6.07) is 0. The van der Waals surface area contributed by atoms with E-state index in [9.17, 15) is 4.79 Å². The Kier molecular flexibility index (Phi) is 2.47. The second kappa shape index (κ2) is 3.99. The minimum atomic E-state index is -0.791. The Morgan fingerprint density at radius 2 is 2.18 bits per heavy atom. The number of rotatable bonds is 3. The summed E-state index contributed by atoms with van der Waals surface area (Å²) in [7, 11) is 0. The number of morpholine rings is 1. The third-order valence-corrected chi connectivity index (χ3v) is 3.15. The van der Waals surface area contributed by atoms with Crippen LogP contribution < -0.4 is 4.90 Å². The quantitative estimate of drug-likeness (QED) is 0.799. The van der Waals surface area contributed by atoms with Gasteiger partial charge in [0, 0.05) is 13.1 Å². The van der Waals surface area contributed by atoms with Gasteiger partial charge in [0.15, 0.2) is 0 Å². The summed E-state index contributed by atoms with van der Waals surface area (Å²) < 4.78 is 10.3. The fourth-order valence-electron chi connectivity index (χ4n) is 2.01. The van der Waals surface area contributed by atoms with Crippen LogP contribution in [0.1, 0.15) is 18.2 Å². The van der Waals surface area contributed by atoms with Crippen LogP contribution in [0.4, 0.5) is 5.95 Å². The SMILES string of the molecule is O=C(O)C1CC1c1nc(N2CCOCC2)no1. The van der Waals surface area contributed by atoms with Gasteiger partial charge in [0.1, 0.15) is 0 Å². The highest BCUT2D eigenvalue weighted by Gasteiger charge is 2.48. The first-order chi connectivity index (χ1) is 8.25. The van der Waals surface area contributed by atoms with Gasteiger partial charge in [-0.3, -0.25) is 4.79 Å². The summed E-state index contributed by atoms with van der Waals surface area (Å²) in [5.74, 6) is -0.262. The van der Waals surface area contributed by atoms with E-state index in [0.717, 1.165) is 13.1 Å². The maximum absolute atomic E-state index is 10.7. The maximum Gasteiger partial charge on any atom is 0.307 e. The molecule has 1 saturated carbocycles. The zero-order valence-electron chi connectivity index (χ0n) is 9.20. The minimum Gasteiger partial charge on any atom is -0.481 e. The molecule has 0 aromatic carbocycles. The molecule has 3 rings (SSSR count). The van der Waals surface area contributed by atoms with E-state index in [2.05, 4.69) is 10.1 Å². The molecule has 2 unspecified atom stereocenters. The highest BCUT2D eigenvalue weighted by Crippen LogP contribution is 2.47. The number of nitrogens with zero attached hydrogens (tertiary/aromatic N) is 3. The van der Waals surface area contributed by atoms with Gasteiger partial charge in [-0.1, -0.05) is 0 Å². The number of ether oxygens (including phenoxy) is 1. The monoisotopic (exact) mass is 239 g/mol. The van der Waals surface area contributed by atoms with Crippen molar-refractivity contribution in [2.24, 2.45) is 5.92 Å². The van der Waals surface area contributed by atoms with Crippen LogP contribution in [0.15, 0.2) is 4.52 Å². The lowest BCUT2D eigenvalue weighted by molar-refractivity contribution is -0.138. The molecular formula is C10H13N3O4. The highest BCUT2D eigenvalue weighted by atomic mass is 16.5. The van der Waals surface area contributed by atoms with Gasteiger partial charge in [0.2, 0.25) is 5.89 Å². The first-order valence-electron chi connectivity index (χ1n) is 5.65. The summed E-state index contributed by atoms with van der Waals surface area (Å²) in [6.45, 7) is 2.80. The summed E-state index contributed by atoms with van der Waals surface area (Å²) in [6.07, 6.45) is 0.597. The van der Waals surface area contributed by atoms with Gasteiger partial charge in [-0.05, 0) is 11.6 Å². The van der Waals surface area contributed by atoms with E-state index in [1.807, 2.05) is 4.90 Å². The Labute approximate surface area is 97.4 Å². The smallest absolute Gasteiger partial charge is 0.307 e. The summed E-state index contributed by atoms with van der Waals surface area (Å²) in [5, 5.41) is 12.7. The van der Waals surface area contributed by atoms with Crippen molar-refractivity contribution in [3.05, 3.63) is 5.89 Å². The number of carbonyl (C=O) groups is 1. The fraction of sp³-hybridized carbons (Fsp3) is 0.700. The van der Waals surface area contributed by atoms with Crippen molar-refractivity contribution in [1.29, 1.82) is 0 Å². The number of aromatic nitrogens is 2. The van der Waals surface area contributed by atoms with E-state index < -0.39 is 5.97 Å². The number of anilines is 1. The molecular weight excluding hydrogens is 226 g/mol. The molecule has 92 valence electrons.